The highest BCUT2D eigenvalue weighted by Gasteiger charge is 2.23. The van der Waals surface area contributed by atoms with E-state index in [2.05, 4.69) is 5.32 Å². The van der Waals surface area contributed by atoms with Crippen molar-refractivity contribution in [3.63, 3.8) is 0 Å². The number of methoxy groups -OCH3 is 1. The Morgan fingerprint density at radius 3 is 2.23 bits per heavy atom. The highest BCUT2D eigenvalue weighted by molar-refractivity contribution is 7.89. The van der Waals surface area contributed by atoms with Crippen molar-refractivity contribution in [1.29, 1.82) is 0 Å². The zero-order valence-electron chi connectivity index (χ0n) is 15.4. The van der Waals surface area contributed by atoms with Crippen LogP contribution >= 0.6 is 0 Å². The third-order valence-corrected chi connectivity index (χ3v) is 5.91. The zero-order chi connectivity index (χ0) is 19.3. The van der Waals surface area contributed by atoms with Crippen molar-refractivity contribution in [2.45, 2.75) is 24.8 Å². The molecule has 0 heterocycles. The molecular formula is C19H24N2O4S. The molecule has 26 heavy (non-hydrogen) atoms. The van der Waals surface area contributed by atoms with Gasteiger partial charge in [-0.05, 0) is 43.7 Å². The smallest absolute Gasteiger partial charge is 0.243 e. The first-order valence-corrected chi connectivity index (χ1v) is 9.64. The maximum absolute atomic E-state index is 12.5. The Balaban J connectivity index is 2.00. The molecule has 0 fully saturated rings. The molecule has 1 atom stereocenters. The lowest BCUT2D eigenvalue weighted by Gasteiger charge is -2.19. The SMILES string of the molecule is COc1ccc([C@H](C)NC(=O)CN(C)S(=O)(=O)c2ccc(C)cc2)cc1. The lowest BCUT2D eigenvalue weighted by Crippen LogP contribution is -2.39. The second kappa shape index (κ2) is 8.33. The third-order valence-electron chi connectivity index (χ3n) is 4.09. The summed E-state index contributed by atoms with van der Waals surface area (Å²) in [6.07, 6.45) is 0. The summed E-state index contributed by atoms with van der Waals surface area (Å²) in [7, 11) is -0.721. The number of sulfonamides is 1. The number of rotatable bonds is 7. The Kier molecular flexibility index (Phi) is 6.39. The summed E-state index contributed by atoms with van der Waals surface area (Å²) in [6, 6.07) is 13.6. The van der Waals surface area contributed by atoms with Crippen molar-refractivity contribution in [2.75, 3.05) is 20.7 Å². The molecule has 0 aliphatic heterocycles. The Morgan fingerprint density at radius 2 is 1.69 bits per heavy atom. The Bertz CT molecular complexity index is 846. The molecule has 0 bridgehead atoms. The summed E-state index contributed by atoms with van der Waals surface area (Å²) in [6.45, 7) is 3.47. The van der Waals surface area contributed by atoms with E-state index in [1.807, 2.05) is 38.1 Å². The fraction of sp³-hybridized carbons (Fsp3) is 0.316. The molecule has 2 aromatic carbocycles. The number of likely N-dealkylation sites (N-methyl/N-ethyl adjacent to an activating group) is 1. The zero-order valence-corrected chi connectivity index (χ0v) is 16.2. The molecule has 0 aliphatic rings. The number of ether oxygens (including phenoxy) is 1. The van der Waals surface area contributed by atoms with E-state index >= 15 is 0 Å². The number of benzene rings is 2. The van der Waals surface area contributed by atoms with Gasteiger partial charge in [-0.2, -0.15) is 4.31 Å². The van der Waals surface area contributed by atoms with Crippen molar-refractivity contribution in [1.82, 2.24) is 9.62 Å². The van der Waals surface area contributed by atoms with Crippen molar-refractivity contribution in [3.05, 3.63) is 59.7 Å². The predicted molar refractivity (Wildman–Crippen MR) is 101 cm³/mol. The molecule has 0 aliphatic carbocycles. The molecule has 0 spiro atoms. The van der Waals surface area contributed by atoms with Crippen LogP contribution in [0.2, 0.25) is 0 Å². The number of nitrogens with one attached hydrogen (secondary N) is 1. The largest absolute Gasteiger partial charge is 0.497 e. The molecule has 6 nitrogen and oxygen atoms in total. The van der Waals surface area contributed by atoms with E-state index in [1.165, 1.54) is 7.05 Å². The molecular weight excluding hydrogens is 352 g/mol. The predicted octanol–water partition coefficient (Wildman–Crippen LogP) is 2.50. The van der Waals surface area contributed by atoms with E-state index < -0.39 is 10.0 Å². The van der Waals surface area contributed by atoms with Gasteiger partial charge in [-0.15, -0.1) is 0 Å². The number of carbonyl (C=O) groups excluding carboxylic acids is 1. The van der Waals surface area contributed by atoms with E-state index in [9.17, 15) is 13.2 Å². The standard InChI is InChI=1S/C19H24N2O4S/c1-14-5-11-18(12-6-14)26(23,24)21(3)13-19(22)20-15(2)16-7-9-17(25-4)10-8-16/h5-12,15H,13H2,1-4H3,(H,20,22)/t15-/m0/s1. The Labute approximate surface area is 154 Å². The number of carbonyl (C=O) groups is 1. The number of hydrogen-bond acceptors (Lipinski definition) is 4. The van der Waals surface area contributed by atoms with Gasteiger partial charge in [0.1, 0.15) is 5.75 Å². The van der Waals surface area contributed by atoms with Crippen LogP contribution < -0.4 is 10.1 Å². The van der Waals surface area contributed by atoms with Crippen LogP contribution in [0.5, 0.6) is 5.75 Å². The monoisotopic (exact) mass is 376 g/mol. The van der Waals surface area contributed by atoms with Crippen molar-refractivity contribution in [3.8, 4) is 5.75 Å². The summed E-state index contributed by atoms with van der Waals surface area (Å²) >= 11 is 0. The normalized spacial score (nSPS) is 12.7. The Morgan fingerprint density at radius 1 is 1.12 bits per heavy atom. The molecule has 0 saturated heterocycles. The van der Waals surface area contributed by atoms with Gasteiger partial charge in [-0.1, -0.05) is 29.8 Å². The topological polar surface area (TPSA) is 75.7 Å². The van der Waals surface area contributed by atoms with Gasteiger partial charge < -0.3 is 10.1 Å². The van der Waals surface area contributed by atoms with Crippen molar-refractivity contribution >= 4 is 15.9 Å². The van der Waals surface area contributed by atoms with Crippen molar-refractivity contribution in [2.24, 2.45) is 0 Å². The molecule has 140 valence electrons. The van der Waals surface area contributed by atoms with Gasteiger partial charge in [0, 0.05) is 7.05 Å². The van der Waals surface area contributed by atoms with Gasteiger partial charge in [0.15, 0.2) is 0 Å². The summed E-state index contributed by atoms with van der Waals surface area (Å²) in [4.78, 5) is 12.4. The lowest BCUT2D eigenvalue weighted by molar-refractivity contribution is -0.121. The third kappa shape index (κ3) is 4.83. The number of nitrogens with zero attached hydrogens (tertiary/aromatic N) is 1. The van der Waals surface area contributed by atoms with Crippen LogP contribution in [-0.2, 0) is 14.8 Å². The molecule has 0 radical (unpaired) electrons. The minimum atomic E-state index is -3.70. The fourth-order valence-electron chi connectivity index (χ4n) is 2.44. The van der Waals surface area contributed by atoms with Gasteiger partial charge in [-0.25, -0.2) is 8.42 Å². The van der Waals surface area contributed by atoms with E-state index in [0.717, 1.165) is 21.2 Å². The second-order valence-corrected chi connectivity index (χ2v) is 8.18. The van der Waals surface area contributed by atoms with Crippen LogP contribution in [0.3, 0.4) is 0 Å². The van der Waals surface area contributed by atoms with Crippen LogP contribution in [0.15, 0.2) is 53.4 Å². The molecule has 7 heteroatoms. The first-order chi connectivity index (χ1) is 12.2. The first-order valence-electron chi connectivity index (χ1n) is 8.20. The second-order valence-electron chi connectivity index (χ2n) is 6.14. The molecule has 0 aromatic heterocycles. The minimum Gasteiger partial charge on any atom is -0.497 e. The van der Waals surface area contributed by atoms with Crippen LogP contribution in [-0.4, -0.2) is 39.3 Å². The molecule has 0 saturated carbocycles. The van der Waals surface area contributed by atoms with E-state index in [4.69, 9.17) is 4.74 Å². The fourth-order valence-corrected chi connectivity index (χ4v) is 3.57. The molecule has 2 rings (SSSR count). The van der Waals surface area contributed by atoms with E-state index in [-0.39, 0.29) is 23.4 Å². The summed E-state index contributed by atoms with van der Waals surface area (Å²) in [5.74, 6) is 0.364. The number of aryl methyl sites for hydroxylation is 1. The first kappa shape index (κ1) is 19.9. The maximum Gasteiger partial charge on any atom is 0.243 e. The van der Waals surface area contributed by atoms with E-state index in [0.29, 0.717) is 0 Å². The van der Waals surface area contributed by atoms with Gasteiger partial charge in [0.05, 0.1) is 24.6 Å². The highest BCUT2D eigenvalue weighted by Crippen LogP contribution is 2.18. The average Bonchev–Trinajstić information content (AvgIpc) is 2.61. The minimum absolute atomic E-state index is 0.168. The van der Waals surface area contributed by atoms with Gasteiger partial charge >= 0.3 is 0 Å². The van der Waals surface area contributed by atoms with Gasteiger partial charge in [0.2, 0.25) is 15.9 Å². The summed E-state index contributed by atoms with van der Waals surface area (Å²) in [5.41, 5.74) is 1.88. The maximum atomic E-state index is 12.5. The number of amides is 1. The number of hydrogen-bond donors (Lipinski definition) is 1. The van der Waals surface area contributed by atoms with Gasteiger partial charge in [-0.3, -0.25) is 4.79 Å². The van der Waals surface area contributed by atoms with Crippen LogP contribution in [0, 0.1) is 6.92 Å². The van der Waals surface area contributed by atoms with Crippen LogP contribution in [0.4, 0.5) is 0 Å². The van der Waals surface area contributed by atoms with Crippen LogP contribution in [0.25, 0.3) is 0 Å². The van der Waals surface area contributed by atoms with Crippen LogP contribution in [0.1, 0.15) is 24.1 Å². The van der Waals surface area contributed by atoms with Gasteiger partial charge in [0.25, 0.3) is 0 Å². The lowest BCUT2D eigenvalue weighted by atomic mass is 10.1. The summed E-state index contributed by atoms with van der Waals surface area (Å²) in [5, 5.41) is 2.81. The van der Waals surface area contributed by atoms with Crippen molar-refractivity contribution < 1.29 is 17.9 Å². The average molecular weight is 376 g/mol. The van der Waals surface area contributed by atoms with E-state index in [1.54, 1.807) is 31.4 Å². The summed E-state index contributed by atoms with van der Waals surface area (Å²) < 4.78 is 31.2. The molecule has 1 N–H and O–H groups in total. The molecule has 0 unspecified atom stereocenters. The quantitative estimate of drug-likeness (QED) is 0.806. The Hall–Kier alpha value is -2.38. The molecule has 2 aromatic rings. The molecule has 1 amide bonds. The highest BCUT2D eigenvalue weighted by atomic mass is 32.2.